The van der Waals surface area contributed by atoms with Gasteiger partial charge in [0.15, 0.2) is 0 Å². The predicted octanol–water partition coefficient (Wildman–Crippen LogP) is 10.4. The molecule has 0 radical (unpaired) electrons. The van der Waals surface area contributed by atoms with Crippen molar-refractivity contribution in [3.05, 3.63) is 82.5 Å². The molecular formula is C35H36N2OS. The van der Waals surface area contributed by atoms with Crippen molar-refractivity contribution in [2.24, 2.45) is 5.41 Å². The summed E-state index contributed by atoms with van der Waals surface area (Å²) in [5.41, 5.74) is 8.35. The minimum absolute atomic E-state index is 0.0333. The van der Waals surface area contributed by atoms with E-state index in [2.05, 4.69) is 71.0 Å². The van der Waals surface area contributed by atoms with Gasteiger partial charge in [-0.15, -0.1) is 11.3 Å². The highest BCUT2D eigenvalue weighted by molar-refractivity contribution is 7.19. The number of hydrogen-bond acceptors (Lipinski definition) is 4. The van der Waals surface area contributed by atoms with E-state index in [1.54, 1.807) is 17.5 Å². The lowest BCUT2D eigenvalue weighted by Gasteiger charge is -2.22. The number of pyridine rings is 1. The van der Waals surface area contributed by atoms with Gasteiger partial charge in [0.05, 0.1) is 20.9 Å². The maximum Gasteiger partial charge on any atom is 0.144 e. The molecule has 3 aromatic carbocycles. The molecule has 0 atom stereocenters. The van der Waals surface area contributed by atoms with Crippen LogP contribution in [0.2, 0.25) is 0 Å². The van der Waals surface area contributed by atoms with Crippen molar-refractivity contribution in [1.29, 1.82) is 0 Å². The van der Waals surface area contributed by atoms with Crippen molar-refractivity contribution in [2.75, 3.05) is 0 Å². The fourth-order valence-electron chi connectivity index (χ4n) is 5.34. The van der Waals surface area contributed by atoms with Crippen LogP contribution in [0.15, 0.2) is 65.2 Å². The predicted molar refractivity (Wildman–Crippen MR) is 167 cm³/mol. The van der Waals surface area contributed by atoms with E-state index in [-0.39, 0.29) is 5.41 Å². The van der Waals surface area contributed by atoms with E-state index in [1.165, 1.54) is 0 Å². The zero-order valence-corrected chi connectivity index (χ0v) is 24.8. The summed E-state index contributed by atoms with van der Waals surface area (Å²) in [6.07, 6.45) is 0.136. The molecule has 6 aromatic rings. The molecule has 3 aromatic heterocycles. The highest BCUT2D eigenvalue weighted by Gasteiger charge is 2.23. The van der Waals surface area contributed by atoms with E-state index in [4.69, 9.17) is 17.1 Å². The Balaban J connectivity index is 1.63. The summed E-state index contributed by atoms with van der Waals surface area (Å²) in [7, 11) is 0. The Morgan fingerprint density at radius 3 is 2.31 bits per heavy atom. The van der Waals surface area contributed by atoms with Gasteiger partial charge in [0, 0.05) is 30.7 Å². The Bertz CT molecular complexity index is 1950. The van der Waals surface area contributed by atoms with Gasteiger partial charge in [-0.3, -0.25) is 4.98 Å². The molecule has 0 aliphatic carbocycles. The van der Waals surface area contributed by atoms with Gasteiger partial charge < -0.3 is 4.42 Å². The molecule has 6 rings (SSSR count). The molecule has 0 saturated heterocycles. The van der Waals surface area contributed by atoms with Gasteiger partial charge in [-0.2, -0.15) is 0 Å². The van der Waals surface area contributed by atoms with E-state index in [0.717, 1.165) is 70.7 Å². The number of fused-ring (bicyclic) bond motifs is 5. The summed E-state index contributed by atoms with van der Waals surface area (Å²) in [6.45, 7) is 16.6. The van der Waals surface area contributed by atoms with Gasteiger partial charge in [0.25, 0.3) is 0 Å². The van der Waals surface area contributed by atoms with Crippen LogP contribution in [0.5, 0.6) is 0 Å². The van der Waals surface area contributed by atoms with E-state index >= 15 is 0 Å². The van der Waals surface area contributed by atoms with Crippen LogP contribution < -0.4 is 0 Å². The first-order valence-electron chi connectivity index (χ1n) is 14.5. The van der Waals surface area contributed by atoms with Crippen molar-refractivity contribution in [3.8, 4) is 22.4 Å². The number of aryl methyl sites for hydroxylation is 2. The Hall–Kier alpha value is -3.50. The van der Waals surface area contributed by atoms with Gasteiger partial charge in [0.2, 0.25) is 0 Å². The fourth-order valence-corrected chi connectivity index (χ4v) is 6.52. The second kappa shape index (κ2) is 9.02. The molecule has 0 spiro atoms. The van der Waals surface area contributed by atoms with E-state index in [9.17, 15) is 0 Å². The lowest BCUT2D eigenvalue weighted by atomic mass is 9.83. The van der Waals surface area contributed by atoms with Crippen LogP contribution in [0, 0.1) is 19.3 Å². The smallest absolute Gasteiger partial charge is 0.144 e. The van der Waals surface area contributed by atoms with E-state index in [1.807, 2.05) is 39.0 Å². The van der Waals surface area contributed by atoms with Gasteiger partial charge >= 0.3 is 0 Å². The van der Waals surface area contributed by atoms with Crippen molar-refractivity contribution in [3.63, 3.8) is 0 Å². The van der Waals surface area contributed by atoms with Crippen molar-refractivity contribution in [2.45, 2.75) is 67.2 Å². The minimum Gasteiger partial charge on any atom is -0.455 e. The standard InChI is InChI=1S/C35H36N2OS/c1-20-11-9-12-21(2)29(20)25-17-27(36-19-22(25)18-34(3,4)5)23-13-10-14-24-30-28(38-31(23)24)16-15-26-32(30)39-33(37-26)35(6,7)8/h9-17,19H,18H2,1-8H3/i18D2. The third-order valence-corrected chi connectivity index (χ3v) is 8.61. The molecule has 3 heterocycles. The summed E-state index contributed by atoms with van der Waals surface area (Å²) in [4.78, 5) is 9.83. The normalized spacial score (nSPS) is 13.8. The van der Waals surface area contributed by atoms with Gasteiger partial charge in [-0.25, -0.2) is 4.98 Å². The number of nitrogens with zero attached hydrogens (tertiary/aromatic N) is 2. The Kier molecular flexibility index (Phi) is 5.41. The van der Waals surface area contributed by atoms with Crippen LogP contribution in [0.3, 0.4) is 0 Å². The molecule has 0 unspecified atom stereocenters. The number of para-hydroxylation sites is 1. The minimum atomic E-state index is -1.60. The third-order valence-electron chi connectivity index (χ3n) is 7.10. The second-order valence-electron chi connectivity index (χ2n) is 12.6. The van der Waals surface area contributed by atoms with Crippen molar-refractivity contribution < 1.29 is 7.16 Å². The Morgan fingerprint density at radius 2 is 1.62 bits per heavy atom. The van der Waals surface area contributed by atoms with Gasteiger partial charge in [0.1, 0.15) is 11.2 Å². The number of rotatable bonds is 3. The van der Waals surface area contributed by atoms with Crippen molar-refractivity contribution >= 4 is 43.5 Å². The monoisotopic (exact) mass is 534 g/mol. The lowest BCUT2D eigenvalue weighted by molar-refractivity contribution is 0.411. The molecule has 0 bridgehead atoms. The first-order valence-corrected chi connectivity index (χ1v) is 14.3. The molecule has 0 aliphatic heterocycles. The molecule has 0 saturated carbocycles. The topological polar surface area (TPSA) is 38.9 Å². The third kappa shape index (κ3) is 4.55. The number of furan rings is 1. The van der Waals surface area contributed by atoms with Gasteiger partial charge in [-0.1, -0.05) is 71.9 Å². The average Bonchev–Trinajstić information content (AvgIpc) is 3.49. The highest BCUT2D eigenvalue weighted by Crippen LogP contribution is 2.43. The van der Waals surface area contributed by atoms with E-state index < -0.39 is 11.8 Å². The Labute approximate surface area is 237 Å². The zero-order chi connectivity index (χ0) is 29.5. The first kappa shape index (κ1) is 23.4. The molecule has 3 nitrogen and oxygen atoms in total. The molecule has 198 valence electrons. The summed E-state index contributed by atoms with van der Waals surface area (Å²) < 4.78 is 26.0. The summed E-state index contributed by atoms with van der Waals surface area (Å²) in [6, 6.07) is 18.6. The maximum absolute atomic E-state index is 9.16. The molecule has 39 heavy (non-hydrogen) atoms. The second-order valence-corrected chi connectivity index (χ2v) is 13.6. The number of aromatic nitrogens is 2. The van der Waals surface area contributed by atoms with Crippen molar-refractivity contribution in [1.82, 2.24) is 9.97 Å². The summed E-state index contributed by atoms with van der Waals surface area (Å²) in [5.74, 6) is 0. The number of thiazole rings is 1. The van der Waals surface area contributed by atoms with Crippen LogP contribution in [0.4, 0.5) is 0 Å². The maximum atomic E-state index is 9.16. The highest BCUT2D eigenvalue weighted by atomic mass is 32.1. The first-order chi connectivity index (χ1) is 19.2. The van der Waals surface area contributed by atoms with Gasteiger partial charge in [-0.05, 0) is 77.7 Å². The number of hydrogen-bond donors (Lipinski definition) is 0. The van der Waals surface area contributed by atoms with E-state index in [0.29, 0.717) is 5.56 Å². The fraction of sp³-hybridized carbons (Fsp3) is 0.314. The van der Waals surface area contributed by atoms with Crippen LogP contribution in [0.1, 0.15) is 66.0 Å². The zero-order valence-electron chi connectivity index (χ0n) is 26.0. The molecular weight excluding hydrogens is 496 g/mol. The summed E-state index contributed by atoms with van der Waals surface area (Å²) >= 11 is 1.74. The number of benzene rings is 3. The molecule has 0 fully saturated rings. The largest absolute Gasteiger partial charge is 0.455 e. The SMILES string of the molecule is [2H]C([2H])(c1cnc(-c2cccc3c2oc2ccc4nc(C(C)(C)C)sc4c23)cc1-c1c(C)cccc1C)C(C)(C)C. The van der Waals surface area contributed by atoms with Crippen LogP contribution in [-0.4, -0.2) is 9.97 Å². The quantitative estimate of drug-likeness (QED) is 0.227. The molecule has 0 N–H and O–H groups in total. The van der Waals surface area contributed by atoms with Crippen LogP contribution in [0.25, 0.3) is 54.5 Å². The summed E-state index contributed by atoms with van der Waals surface area (Å²) in [5, 5.41) is 3.23. The molecule has 0 amide bonds. The van der Waals surface area contributed by atoms with Crippen LogP contribution in [-0.2, 0) is 11.8 Å². The Morgan fingerprint density at radius 1 is 0.897 bits per heavy atom. The average molecular weight is 535 g/mol. The molecule has 4 heteroatoms. The molecule has 0 aliphatic rings. The van der Waals surface area contributed by atoms with Crippen LogP contribution >= 0.6 is 11.3 Å². The lowest BCUT2D eigenvalue weighted by Crippen LogP contribution is -2.11.